The first-order valence-corrected chi connectivity index (χ1v) is 4.71. The zero-order valence-electron chi connectivity index (χ0n) is 6.05. The predicted molar refractivity (Wildman–Crippen MR) is 55.5 cm³/mol. The highest BCUT2D eigenvalue weighted by molar-refractivity contribution is 14.1. The van der Waals surface area contributed by atoms with Crippen LogP contribution in [0.25, 0.3) is 0 Å². The van der Waals surface area contributed by atoms with Crippen LogP contribution in [0, 0.1) is 3.57 Å². The maximum absolute atomic E-state index is 10.3. The number of rotatable bonds is 2. The first-order valence-electron chi connectivity index (χ1n) is 3.25. The number of benzene rings is 1. The third-order valence-electron chi connectivity index (χ3n) is 1.36. The number of carbonyl (C=O) groups is 1. The van der Waals surface area contributed by atoms with E-state index in [1.165, 1.54) is 0 Å². The molecule has 1 aromatic carbocycles. The highest BCUT2D eigenvalue weighted by atomic mass is 127. The minimum absolute atomic E-state index is 0.0181. The van der Waals surface area contributed by atoms with Gasteiger partial charge in [0.05, 0.1) is 6.42 Å². The highest BCUT2D eigenvalue weighted by Crippen LogP contribution is 2.19. The molecular formula is C8H6ClIO2. The van der Waals surface area contributed by atoms with Crippen LogP contribution in [0.2, 0.25) is 5.02 Å². The van der Waals surface area contributed by atoms with Crippen LogP contribution in [0.5, 0.6) is 0 Å². The molecule has 64 valence electrons. The van der Waals surface area contributed by atoms with Crippen LogP contribution < -0.4 is 0 Å². The molecule has 0 bridgehead atoms. The van der Waals surface area contributed by atoms with Crippen molar-refractivity contribution in [3.05, 3.63) is 32.4 Å². The topological polar surface area (TPSA) is 37.3 Å². The Morgan fingerprint density at radius 2 is 2.25 bits per heavy atom. The van der Waals surface area contributed by atoms with Gasteiger partial charge in [-0.2, -0.15) is 0 Å². The van der Waals surface area contributed by atoms with E-state index in [1.54, 1.807) is 12.1 Å². The Hall–Kier alpha value is -0.290. The van der Waals surface area contributed by atoms with Crippen LogP contribution >= 0.6 is 34.2 Å². The molecule has 0 heterocycles. The summed E-state index contributed by atoms with van der Waals surface area (Å²) in [5.74, 6) is -0.863. The fourth-order valence-electron chi connectivity index (χ4n) is 0.828. The zero-order chi connectivity index (χ0) is 9.14. The first-order chi connectivity index (χ1) is 5.59. The van der Waals surface area contributed by atoms with Crippen LogP contribution in [0.1, 0.15) is 5.56 Å². The molecule has 0 aromatic heterocycles. The van der Waals surface area contributed by atoms with Crippen molar-refractivity contribution in [1.82, 2.24) is 0 Å². The minimum Gasteiger partial charge on any atom is -0.481 e. The van der Waals surface area contributed by atoms with Gasteiger partial charge in [-0.05, 0) is 40.3 Å². The van der Waals surface area contributed by atoms with Crippen LogP contribution in [0.3, 0.4) is 0 Å². The van der Waals surface area contributed by atoms with E-state index in [9.17, 15) is 4.79 Å². The maximum Gasteiger partial charge on any atom is 0.307 e. The van der Waals surface area contributed by atoms with Crippen LogP contribution in [-0.4, -0.2) is 11.1 Å². The molecule has 0 radical (unpaired) electrons. The van der Waals surface area contributed by atoms with Crippen molar-refractivity contribution in [2.45, 2.75) is 6.42 Å². The van der Waals surface area contributed by atoms with E-state index in [1.807, 2.05) is 6.07 Å². The lowest BCUT2D eigenvalue weighted by Gasteiger charge is -2.00. The summed E-state index contributed by atoms with van der Waals surface area (Å²) in [6, 6.07) is 5.32. The lowest BCUT2D eigenvalue weighted by atomic mass is 10.1. The molecule has 0 aliphatic rings. The van der Waals surface area contributed by atoms with Gasteiger partial charge in [0, 0.05) is 8.59 Å². The van der Waals surface area contributed by atoms with Crippen molar-refractivity contribution in [3.63, 3.8) is 0 Å². The second-order valence-corrected chi connectivity index (χ2v) is 3.96. The summed E-state index contributed by atoms with van der Waals surface area (Å²) in [4.78, 5) is 10.3. The van der Waals surface area contributed by atoms with Crippen LogP contribution in [0.15, 0.2) is 18.2 Å². The van der Waals surface area contributed by atoms with Crippen molar-refractivity contribution in [2.75, 3.05) is 0 Å². The average Bonchev–Trinajstić information content (AvgIpc) is 1.94. The molecule has 2 nitrogen and oxygen atoms in total. The van der Waals surface area contributed by atoms with Gasteiger partial charge < -0.3 is 5.11 Å². The van der Waals surface area contributed by atoms with Gasteiger partial charge in [-0.25, -0.2) is 0 Å². The van der Waals surface area contributed by atoms with E-state index in [-0.39, 0.29) is 6.42 Å². The normalized spacial score (nSPS) is 9.83. The van der Waals surface area contributed by atoms with Crippen LogP contribution in [0.4, 0.5) is 0 Å². The fraction of sp³-hybridized carbons (Fsp3) is 0.125. The molecule has 4 heteroatoms. The molecule has 1 N–H and O–H groups in total. The summed E-state index contributed by atoms with van der Waals surface area (Å²) in [5.41, 5.74) is 0.657. The quantitative estimate of drug-likeness (QED) is 0.852. The third-order valence-corrected chi connectivity index (χ3v) is 2.38. The van der Waals surface area contributed by atoms with Gasteiger partial charge in [-0.15, -0.1) is 0 Å². The van der Waals surface area contributed by atoms with Crippen molar-refractivity contribution in [2.24, 2.45) is 0 Å². The van der Waals surface area contributed by atoms with Gasteiger partial charge in [0.2, 0.25) is 0 Å². The molecule has 0 aliphatic carbocycles. The third kappa shape index (κ3) is 2.64. The van der Waals surface area contributed by atoms with Crippen molar-refractivity contribution in [3.8, 4) is 0 Å². The van der Waals surface area contributed by atoms with E-state index in [0.717, 1.165) is 3.57 Å². The largest absolute Gasteiger partial charge is 0.481 e. The zero-order valence-corrected chi connectivity index (χ0v) is 8.96. The number of aliphatic carboxylic acids is 1. The summed E-state index contributed by atoms with van der Waals surface area (Å²) in [6.07, 6.45) is -0.0181. The lowest BCUT2D eigenvalue weighted by Crippen LogP contribution is -2.00. The van der Waals surface area contributed by atoms with Gasteiger partial charge >= 0.3 is 5.97 Å². The SMILES string of the molecule is O=C(O)Cc1ccc(I)cc1Cl. The van der Waals surface area contributed by atoms with Crippen LogP contribution in [-0.2, 0) is 11.2 Å². The van der Waals surface area contributed by atoms with Crippen molar-refractivity contribution in [1.29, 1.82) is 0 Å². The summed E-state index contributed by atoms with van der Waals surface area (Å²) < 4.78 is 1.01. The van der Waals surface area contributed by atoms with Gasteiger partial charge in [0.15, 0.2) is 0 Å². The van der Waals surface area contributed by atoms with E-state index in [0.29, 0.717) is 10.6 Å². The monoisotopic (exact) mass is 296 g/mol. The average molecular weight is 296 g/mol. The second-order valence-electron chi connectivity index (χ2n) is 2.31. The molecule has 1 rings (SSSR count). The standard InChI is InChI=1S/C8H6ClIO2/c9-7-4-6(10)2-1-5(7)3-8(11)12/h1-2,4H,3H2,(H,11,12). The second kappa shape index (κ2) is 4.09. The fourth-order valence-corrected chi connectivity index (χ4v) is 1.75. The molecule has 12 heavy (non-hydrogen) atoms. The van der Waals surface area contributed by atoms with Gasteiger partial charge in [-0.3, -0.25) is 4.79 Å². The highest BCUT2D eigenvalue weighted by Gasteiger charge is 2.04. The number of halogens is 2. The molecular weight excluding hydrogens is 290 g/mol. The molecule has 0 fully saturated rings. The van der Waals surface area contributed by atoms with Gasteiger partial charge in [-0.1, -0.05) is 17.7 Å². The number of carboxylic acids is 1. The van der Waals surface area contributed by atoms with Gasteiger partial charge in [0.25, 0.3) is 0 Å². The Morgan fingerprint density at radius 1 is 1.58 bits per heavy atom. The van der Waals surface area contributed by atoms with E-state index in [2.05, 4.69) is 22.6 Å². The van der Waals surface area contributed by atoms with Crippen molar-refractivity contribution < 1.29 is 9.90 Å². The van der Waals surface area contributed by atoms with E-state index < -0.39 is 5.97 Å². The van der Waals surface area contributed by atoms with Gasteiger partial charge in [0.1, 0.15) is 0 Å². The summed E-state index contributed by atoms with van der Waals surface area (Å²) in [6.45, 7) is 0. The Morgan fingerprint density at radius 3 is 2.75 bits per heavy atom. The molecule has 1 aromatic rings. The summed E-state index contributed by atoms with van der Waals surface area (Å²) in [7, 11) is 0. The molecule has 0 amide bonds. The Kier molecular flexibility index (Phi) is 3.34. The first kappa shape index (κ1) is 9.80. The molecule has 0 spiro atoms. The number of hydrogen-bond acceptors (Lipinski definition) is 1. The summed E-state index contributed by atoms with van der Waals surface area (Å²) >= 11 is 7.93. The molecule has 0 saturated carbocycles. The maximum atomic E-state index is 10.3. The van der Waals surface area contributed by atoms with E-state index in [4.69, 9.17) is 16.7 Å². The smallest absolute Gasteiger partial charge is 0.307 e. The molecule has 0 aliphatic heterocycles. The summed E-state index contributed by atoms with van der Waals surface area (Å²) in [5, 5.41) is 9.02. The lowest BCUT2D eigenvalue weighted by molar-refractivity contribution is -0.136. The molecule has 0 atom stereocenters. The van der Waals surface area contributed by atoms with E-state index >= 15 is 0 Å². The Balaban J connectivity index is 2.93. The predicted octanol–water partition coefficient (Wildman–Crippen LogP) is 2.57. The molecule has 0 saturated heterocycles. The minimum atomic E-state index is -0.863. The Bertz CT molecular complexity index is 312. The van der Waals surface area contributed by atoms with Crippen molar-refractivity contribution >= 4 is 40.2 Å². The Labute approximate surface area is 88.7 Å². The number of carboxylic acid groups (broad SMARTS) is 1. The number of hydrogen-bond donors (Lipinski definition) is 1. The molecule has 0 unspecified atom stereocenters.